The smallest absolute Gasteiger partial charge is 0.101 e. The van der Waals surface area contributed by atoms with Crippen molar-refractivity contribution in [2.45, 2.75) is 110 Å². The lowest BCUT2D eigenvalue weighted by Crippen LogP contribution is -2.38. The highest BCUT2D eigenvalue weighted by Crippen LogP contribution is 2.21. The third-order valence-electron chi connectivity index (χ3n) is 5.15. The Hall–Kier alpha value is -0.660. The highest BCUT2D eigenvalue weighted by Gasteiger charge is 2.23. The van der Waals surface area contributed by atoms with E-state index in [0.29, 0.717) is 6.17 Å². The second-order valence-corrected chi connectivity index (χ2v) is 7.17. The van der Waals surface area contributed by atoms with E-state index in [2.05, 4.69) is 43.0 Å². The first-order chi connectivity index (χ1) is 11.3. The minimum Gasteiger partial charge on any atom is -0.356 e. The van der Waals surface area contributed by atoms with Crippen molar-refractivity contribution in [3.63, 3.8) is 0 Å². The summed E-state index contributed by atoms with van der Waals surface area (Å²) in [5.41, 5.74) is 0. The summed E-state index contributed by atoms with van der Waals surface area (Å²) >= 11 is 0. The van der Waals surface area contributed by atoms with Gasteiger partial charge in [-0.15, -0.1) is 0 Å². The Morgan fingerprint density at radius 1 is 0.609 bits per heavy atom. The standard InChI is InChI=1S/C21H42N2/c1-4-7-8-9-10-11-12-13-14-15-16-18-23-20-19-22(6-3)21(23)17-5-2/h19-21H,4-18H2,1-3H3. The molecule has 1 atom stereocenters. The van der Waals surface area contributed by atoms with Crippen LogP contribution in [0.1, 0.15) is 104 Å². The second-order valence-electron chi connectivity index (χ2n) is 7.17. The molecule has 0 saturated carbocycles. The van der Waals surface area contributed by atoms with Crippen LogP contribution in [0.3, 0.4) is 0 Å². The molecule has 1 heterocycles. The Morgan fingerprint density at radius 3 is 1.65 bits per heavy atom. The van der Waals surface area contributed by atoms with Gasteiger partial charge in [0, 0.05) is 25.5 Å². The van der Waals surface area contributed by atoms with Gasteiger partial charge in [-0.2, -0.15) is 0 Å². The van der Waals surface area contributed by atoms with Crippen LogP contribution in [0.2, 0.25) is 0 Å². The molecule has 1 rings (SSSR count). The maximum atomic E-state index is 2.57. The lowest BCUT2D eigenvalue weighted by atomic mass is 10.1. The zero-order valence-corrected chi connectivity index (χ0v) is 16.2. The van der Waals surface area contributed by atoms with Crippen molar-refractivity contribution in [3.8, 4) is 0 Å². The molecular weight excluding hydrogens is 280 g/mol. The molecule has 0 fully saturated rings. The zero-order chi connectivity index (χ0) is 16.8. The lowest BCUT2D eigenvalue weighted by Gasteiger charge is -2.32. The molecule has 1 aliphatic rings. The van der Waals surface area contributed by atoms with Gasteiger partial charge in [0.15, 0.2) is 0 Å². The van der Waals surface area contributed by atoms with E-state index in [1.54, 1.807) is 0 Å². The van der Waals surface area contributed by atoms with E-state index >= 15 is 0 Å². The molecule has 0 aromatic heterocycles. The highest BCUT2D eigenvalue weighted by molar-refractivity contribution is 4.96. The molecule has 0 N–H and O–H groups in total. The fourth-order valence-electron chi connectivity index (χ4n) is 3.65. The fraction of sp³-hybridized carbons (Fsp3) is 0.905. The maximum Gasteiger partial charge on any atom is 0.101 e. The molecular formula is C21H42N2. The van der Waals surface area contributed by atoms with Gasteiger partial charge >= 0.3 is 0 Å². The monoisotopic (exact) mass is 322 g/mol. The number of nitrogens with zero attached hydrogens (tertiary/aromatic N) is 2. The van der Waals surface area contributed by atoms with Crippen LogP contribution in [0, 0.1) is 0 Å². The summed E-state index contributed by atoms with van der Waals surface area (Å²) in [5.74, 6) is 0. The SMILES string of the molecule is CCCCCCCCCCCCCN1C=CN(CC)C1CCC. The summed E-state index contributed by atoms with van der Waals surface area (Å²) in [6, 6.07) is 0. The van der Waals surface area contributed by atoms with Crippen molar-refractivity contribution in [1.82, 2.24) is 9.80 Å². The third-order valence-corrected chi connectivity index (χ3v) is 5.15. The molecule has 0 saturated heterocycles. The molecule has 0 aliphatic carbocycles. The molecule has 0 radical (unpaired) electrons. The molecule has 1 unspecified atom stereocenters. The van der Waals surface area contributed by atoms with E-state index < -0.39 is 0 Å². The Labute approximate surface area is 146 Å². The molecule has 0 amide bonds. The first-order valence-corrected chi connectivity index (χ1v) is 10.5. The fourth-order valence-corrected chi connectivity index (χ4v) is 3.65. The molecule has 2 nitrogen and oxygen atoms in total. The summed E-state index contributed by atoms with van der Waals surface area (Å²) in [4.78, 5) is 5.06. The molecule has 0 bridgehead atoms. The van der Waals surface area contributed by atoms with E-state index in [4.69, 9.17) is 0 Å². The van der Waals surface area contributed by atoms with Crippen LogP contribution in [-0.4, -0.2) is 29.1 Å². The van der Waals surface area contributed by atoms with Gasteiger partial charge in [0.1, 0.15) is 6.17 Å². The van der Waals surface area contributed by atoms with Crippen LogP contribution in [-0.2, 0) is 0 Å². The summed E-state index contributed by atoms with van der Waals surface area (Å²) < 4.78 is 0. The second kappa shape index (κ2) is 13.7. The topological polar surface area (TPSA) is 6.48 Å². The Kier molecular flexibility index (Phi) is 12.2. The molecule has 1 aliphatic heterocycles. The van der Waals surface area contributed by atoms with Gasteiger partial charge in [-0.1, -0.05) is 84.5 Å². The molecule has 0 aromatic carbocycles. The Balaban J connectivity index is 1.95. The minimum absolute atomic E-state index is 0.633. The van der Waals surface area contributed by atoms with E-state index in [-0.39, 0.29) is 0 Å². The summed E-state index contributed by atoms with van der Waals surface area (Å²) in [5, 5.41) is 0. The van der Waals surface area contributed by atoms with Crippen LogP contribution in [0.4, 0.5) is 0 Å². The van der Waals surface area contributed by atoms with E-state index in [1.807, 2.05) is 0 Å². The quantitative estimate of drug-likeness (QED) is 0.316. The maximum absolute atomic E-state index is 2.57. The van der Waals surface area contributed by atoms with E-state index in [1.165, 1.54) is 90.0 Å². The average Bonchev–Trinajstić information content (AvgIpc) is 2.95. The van der Waals surface area contributed by atoms with Crippen LogP contribution < -0.4 is 0 Å². The molecule has 0 spiro atoms. The van der Waals surface area contributed by atoms with Crippen molar-refractivity contribution in [2.24, 2.45) is 0 Å². The number of unbranched alkanes of at least 4 members (excludes halogenated alkanes) is 10. The van der Waals surface area contributed by atoms with Crippen molar-refractivity contribution in [1.29, 1.82) is 0 Å². The zero-order valence-electron chi connectivity index (χ0n) is 16.2. The molecule has 136 valence electrons. The summed E-state index contributed by atoms with van der Waals surface area (Å²) in [6.07, 6.45) is 23.5. The minimum atomic E-state index is 0.633. The molecule has 0 aromatic rings. The van der Waals surface area contributed by atoms with Crippen LogP contribution in [0.5, 0.6) is 0 Å². The van der Waals surface area contributed by atoms with E-state index in [0.717, 1.165) is 6.54 Å². The van der Waals surface area contributed by atoms with Gasteiger partial charge < -0.3 is 9.80 Å². The Morgan fingerprint density at radius 2 is 1.13 bits per heavy atom. The van der Waals surface area contributed by atoms with Crippen molar-refractivity contribution < 1.29 is 0 Å². The normalized spacial score (nSPS) is 17.4. The highest BCUT2D eigenvalue weighted by atomic mass is 15.4. The average molecular weight is 323 g/mol. The van der Waals surface area contributed by atoms with Gasteiger partial charge in [0.2, 0.25) is 0 Å². The van der Waals surface area contributed by atoms with Gasteiger partial charge in [0.05, 0.1) is 0 Å². The third kappa shape index (κ3) is 8.67. The van der Waals surface area contributed by atoms with Crippen molar-refractivity contribution in [2.75, 3.05) is 13.1 Å². The summed E-state index contributed by atoms with van der Waals surface area (Å²) in [7, 11) is 0. The van der Waals surface area contributed by atoms with Gasteiger partial charge in [0.25, 0.3) is 0 Å². The van der Waals surface area contributed by atoms with Gasteiger partial charge in [-0.3, -0.25) is 0 Å². The molecule has 23 heavy (non-hydrogen) atoms. The van der Waals surface area contributed by atoms with E-state index in [9.17, 15) is 0 Å². The van der Waals surface area contributed by atoms with Crippen LogP contribution in [0.25, 0.3) is 0 Å². The van der Waals surface area contributed by atoms with Gasteiger partial charge in [-0.05, 0) is 19.8 Å². The first-order valence-electron chi connectivity index (χ1n) is 10.5. The number of hydrogen-bond acceptors (Lipinski definition) is 2. The Bertz CT molecular complexity index is 288. The molecule has 2 heteroatoms. The van der Waals surface area contributed by atoms with Gasteiger partial charge in [-0.25, -0.2) is 0 Å². The predicted octanol–water partition coefficient (Wildman–Crippen LogP) is 6.53. The first kappa shape index (κ1) is 20.4. The largest absolute Gasteiger partial charge is 0.356 e. The predicted molar refractivity (Wildman–Crippen MR) is 103 cm³/mol. The van der Waals surface area contributed by atoms with Crippen LogP contribution in [0.15, 0.2) is 12.4 Å². The van der Waals surface area contributed by atoms with Crippen LogP contribution >= 0.6 is 0 Å². The van der Waals surface area contributed by atoms with Crippen molar-refractivity contribution in [3.05, 3.63) is 12.4 Å². The lowest BCUT2D eigenvalue weighted by molar-refractivity contribution is 0.145. The van der Waals surface area contributed by atoms with Crippen molar-refractivity contribution >= 4 is 0 Å². The number of rotatable bonds is 15. The summed E-state index contributed by atoms with van der Waals surface area (Å²) in [6.45, 7) is 9.23. The number of hydrogen-bond donors (Lipinski definition) is 0.